The molecule has 1 aromatic rings. The van der Waals surface area contributed by atoms with Crippen molar-refractivity contribution in [3.05, 3.63) is 34.9 Å². The van der Waals surface area contributed by atoms with Gasteiger partial charge in [0.05, 0.1) is 5.92 Å². The van der Waals surface area contributed by atoms with Gasteiger partial charge in [-0.1, -0.05) is 30.7 Å². The lowest BCUT2D eigenvalue weighted by Crippen LogP contribution is -2.31. The molecule has 0 bridgehead atoms. The highest BCUT2D eigenvalue weighted by atomic mass is 35.5. The summed E-state index contributed by atoms with van der Waals surface area (Å²) < 4.78 is 5.13. The smallest absolute Gasteiger partial charge is 0.310 e. The average molecular weight is 242 g/mol. The Hall–Kier alpha value is -1.06. The highest BCUT2D eigenvalue weighted by Crippen LogP contribution is 2.11. The molecule has 4 heteroatoms. The molecule has 0 aromatic heterocycles. The van der Waals surface area contributed by atoms with Gasteiger partial charge in [0, 0.05) is 11.1 Å². The molecule has 0 fully saturated rings. The summed E-state index contributed by atoms with van der Waals surface area (Å²) in [4.78, 5) is 11.5. The maximum absolute atomic E-state index is 11.5. The zero-order valence-corrected chi connectivity index (χ0v) is 10.2. The number of hydrogen-bond donors (Lipinski definition) is 1. The van der Waals surface area contributed by atoms with E-state index in [-0.39, 0.29) is 24.5 Å². The van der Waals surface area contributed by atoms with Crippen molar-refractivity contribution in [1.29, 1.82) is 0 Å². The number of halogens is 1. The van der Waals surface area contributed by atoms with Gasteiger partial charge in [-0.25, -0.2) is 0 Å². The van der Waals surface area contributed by atoms with Crippen LogP contribution in [0.25, 0.3) is 0 Å². The van der Waals surface area contributed by atoms with Gasteiger partial charge in [-0.2, -0.15) is 0 Å². The second-order valence-corrected chi connectivity index (χ2v) is 4.32. The molecule has 0 saturated heterocycles. The summed E-state index contributed by atoms with van der Waals surface area (Å²) in [6.07, 6.45) is 0. The predicted octanol–water partition coefficient (Wildman–Crippen LogP) is 2.37. The van der Waals surface area contributed by atoms with Crippen molar-refractivity contribution in [3.8, 4) is 0 Å². The monoisotopic (exact) mass is 241 g/mol. The van der Waals surface area contributed by atoms with Crippen LogP contribution in [0.1, 0.15) is 19.4 Å². The Morgan fingerprint density at radius 1 is 1.38 bits per heavy atom. The summed E-state index contributed by atoms with van der Waals surface area (Å²) in [7, 11) is 0. The molecule has 1 rings (SSSR count). The lowest BCUT2D eigenvalue weighted by molar-refractivity contribution is -0.149. The molecule has 0 aliphatic heterocycles. The Labute approximate surface area is 101 Å². The number of esters is 1. The molecule has 0 radical (unpaired) electrons. The van der Waals surface area contributed by atoms with E-state index >= 15 is 0 Å². The Balaban J connectivity index is 2.46. The third-order valence-electron chi connectivity index (χ3n) is 2.45. The highest BCUT2D eigenvalue weighted by Gasteiger charge is 2.18. The van der Waals surface area contributed by atoms with Crippen LogP contribution in [-0.2, 0) is 16.1 Å². The van der Waals surface area contributed by atoms with Gasteiger partial charge in [0.1, 0.15) is 6.61 Å². The van der Waals surface area contributed by atoms with E-state index in [4.69, 9.17) is 22.1 Å². The summed E-state index contributed by atoms with van der Waals surface area (Å²) in [5, 5.41) is 0.666. The maximum Gasteiger partial charge on any atom is 0.310 e. The van der Waals surface area contributed by atoms with Crippen LogP contribution in [0.15, 0.2) is 24.3 Å². The van der Waals surface area contributed by atoms with Gasteiger partial charge >= 0.3 is 5.97 Å². The van der Waals surface area contributed by atoms with Crippen LogP contribution >= 0.6 is 11.6 Å². The van der Waals surface area contributed by atoms with E-state index in [9.17, 15) is 4.79 Å². The average Bonchev–Trinajstić information content (AvgIpc) is 2.26. The molecule has 2 N–H and O–H groups in total. The minimum Gasteiger partial charge on any atom is -0.461 e. The van der Waals surface area contributed by atoms with Gasteiger partial charge < -0.3 is 10.5 Å². The van der Waals surface area contributed by atoms with Crippen LogP contribution in [-0.4, -0.2) is 12.0 Å². The van der Waals surface area contributed by atoms with E-state index in [1.165, 1.54) is 0 Å². The molecular formula is C12H16ClNO2. The first kappa shape index (κ1) is 13.0. The van der Waals surface area contributed by atoms with E-state index in [1.54, 1.807) is 26.0 Å². The number of benzene rings is 1. The molecule has 0 spiro atoms. The second-order valence-electron chi connectivity index (χ2n) is 3.88. The standard InChI is InChI=1S/C12H16ClNO2/c1-8(9(2)14)12(15)16-7-10-3-5-11(13)6-4-10/h3-6,8-9H,7,14H2,1-2H3. The summed E-state index contributed by atoms with van der Waals surface area (Å²) in [5.74, 6) is -0.558. The summed E-state index contributed by atoms with van der Waals surface area (Å²) in [6, 6.07) is 6.98. The summed E-state index contributed by atoms with van der Waals surface area (Å²) >= 11 is 5.74. The third-order valence-corrected chi connectivity index (χ3v) is 2.71. The zero-order chi connectivity index (χ0) is 12.1. The zero-order valence-electron chi connectivity index (χ0n) is 9.44. The first-order valence-corrected chi connectivity index (χ1v) is 5.55. The molecule has 0 saturated carbocycles. The number of hydrogen-bond acceptors (Lipinski definition) is 3. The van der Waals surface area contributed by atoms with Crippen LogP contribution < -0.4 is 5.73 Å². The summed E-state index contributed by atoms with van der Waals surface area (Å²) in [6.45, 7) is 3.80. The van der Waals surface area contributed by atoms with Crippen molar-refractivity contribution in [2.75, 3.05) is 0 Å². The fourth-order valence-corrected chi connectivity index (χ4v) is 1.21. The van der Waals surface area contributed by atoms with Gasteiger partial charge in [0.25, 0.3) is 0 Å². The lowest BCUT2D eigenvalue weighted by atomic mass is 10.1. The van der Waals surface area contributed by atoms with E-state index in [2.05, 4.69) is 0 Å². The van der Waals surface area contributed by atoms with Crippen molar-refractivity contribution in [3.63, 3.8) is 0 Å². The van der Waals surface area contributed by atoms with Gasteiger partial charge in [-0.3, -0.25) is 4.79 Å². The first-order valence-electron chi connectivity index (χ1n) is 5.17. The van der Waals surface area contributed by atoms with Crippen molar-refractivity contribution >= 4 is 17.6 Å². The Kier molecular flexibility index (Phi) is 4.77. The molecule has 3 nitrogen and oxygen atoms in total. The molecule has 1 aromatic carbocycles. The van der Waals surface area contributed by atoms with E-state index in [0.717, 1.165) is 5.56 Å². The minimum absolute atomic E-state index is 0.197. The topological polar surface area (TPSA) is 52.3 Å². The van der Waals surface area contributed by atoms with Gasteiger partial charge in [0.15, 0.2) is 0 Å². The van der Waals surface area contributed by atoms with Crippen LogP contribution in [0.3, 0.4) is 0 Å². The van der Waals surface area contributed by atoms with E-state index < -0.39 is 0 Å². The van der Waals surface area contributed by atoms with Crippen LogP contribution in [0.5, 0.6) is 0 Å². The molecule has 0 amide bonds. The van der Waals surface area contributed by atoms with Crippen molar-refractivity contribution in [2.24, 2.45) is 11.7 Å². The van der Waals surface area contributed by atoms with Crippen LogP contribution in [0, 0.1) is 5.92 Å². The van der Waals surface area contributed by atoms with Crippen LogP contribution in [0.2, 0.25) is 5.02 Å². The largest absolute Gasteiger partial charge is 0.461 e. The van der Waals surface area contributed by atoms with Crippen molar-refractivity contribution in [2.45, 2.75) is 26.5 Å². The normalized spacial score (nSPS) is 14.2. The first-order chi connectivity index (χ1) is 7.50. The third kappa shape index (κ3) is 3.83. The Morgan fingerprint density at radius 2 is 1.94 bits per heavy atom. The molecule has 2 atom stereocenters. The predicted molar refractivity (Wildman–Crippen MR) is 64.1 cm³/mol. The molecule has 0 heterocycles. The maximum atomic E-state index is 11.5. The molecule has 0 aliphatic rings. The molecular weight excluding hydrogens is 226 g/mol. The number of ether oxygens (including phenoxy) is 1. The Morgan fingerprint density at radius 3 is 2.44 bits per heavy atom. The highest BCUT2D eigenvalue weighted by molar-refractivity contribution is 6.30. The fourth-order valence-electron chi connectivity index (χ4n) is 1.08. The molecule has 0 aliphatic carbocycles. The van der Waals surface area contributed by atoms with Crippen molar-refractivity contribution in [1.82, 2.24) is 0 Å². The lowest BCUT2D eigenvalue weighted by Gasteiger charge is -2.14. The molecule has 88 valence electrons. The van der Waals surface area contributed by atoms with Gasteiger partial charge in [-0.15, -0.1) is 0 Å². The SMILES string of the molecule is CC(N)C(C)C(=O)OCc1ccc(Cl)cc1. The molecule has 2 unspecified atom stereocenters. The van der Waals surface area contributed by atoms with E-state index in [1.807, 2.05) is 12.1 Å². The molecule has 16 heavy (non-hydrogen) atoms. The quantitative estimate of drug-likeness (QED) is 0.824. The van der Waals surface area contributed by atoms with Gasteiger partial charge in [-0.05, 0) is 24.6 Å². The fraction of sp³-hybridized carbons (Fsp3) is 0.417. The second kappa shape index (κ2) is 5.87. The number of rotatable bonds is 4. The minimum atomic E-state index is -0.285. The summed E-state index contributed by atoms with van der Waals surface area (Å²) in [5.41, 5.74) is 6.52. The number of carbonyl (C=O) groups is 1. The Bertz CT molecular complexity index is 349. The van der Waals surface area contributed by atoms with Crippen molar-refractivity contribution < 1.29 is 9.53 Å². The number of nitrogens with two attached hydrogens (primary N) is 1. The van der Waals surface area contributed by atoms with Gasteiger partial charge in [0.2, 0.25) is 0 Å². The van der Waals surface area contributed by atoms with Crippen LogP contribution in [0.4, 0.5) is 0 Å². The number of carbonyl (C=O) groups excluding carboxylic acids is 1. The van der Waals surface area contributed by atoms with E-state index in [0.29, 0.717) is 5.02 Å².